The summed E-state index contributed by atoms with van der Waals surface area (Å²) in [6.45, 7) is 7.31. The number of carboxylic acid groups (broad SMARTS) is 1. The van der Waals surface area contributed by atoms with Crippen molar-refractivity contribution in [3.8, 4) is 0 Å². The van der Waals surface area contributed by atoms with Gasteiger partial charge in [0.05, 0.1) is 0 Å². The number of hydrogen-bond acceptors (Lipinski definition) is 3. The fourth-order valence-electron chi connectivity index (χ4n) is 3.22. The smallest absolute Gasteiger partial charge is 0.303 e. The van der Waals surface area contributed by atoms with E-state index in [1.54, 1.807) is 6.92 Å². The first-order chi connectivity index (χ1) is 14.6. The number of hydrogen-bond donors (Lipinski definition) is 3. The Kier molecular flexibility index (Phi) is 40.6. The van der Waals surface area contributed by atoms with Crippen molar-refractivity contribution in [1.82, 2.24) is 0 Å². The molecule has 0 fully saturated rings. The SMILES string of the molecule is CCCCCCCCCCCCCC(=O)O.CCCCCCCCCCN.CCO. The molecule has 0 spiro atoms. The normalized spacial score (nSPS) is 10.0. The van der Waals surface area contributed by atoms with Crippen molar-refractivity contribution in [1.29, 1.82) is 0 Å². The van der Waals surface area contributed by atoms with Crippen molar-refractivity contribution in [3.05, 3.63) is 0 Å². The number of carboxylic acids is 1. The molecule has 30 heavy (non-hydrogen) atoms. The molecule has 0 bridgehead atoms. The third-order valence-corrected chi connectivity index (χ3v) is 5.05. The first-order valence-corrected chi connectivity index (χ1v) is 13.1. The highest BCUT2D eigenvalue weighted by Gasteiger charge is 1.96. The minimum Gasteiger partial charge on any atom is -0.481 e. The zero-order valence-corrected chi connectivity index (χ0v) is 20.9. The van der Waals surface area contributed by atoms with Gasteiger partial charge in [0.1, 0.15) is 0 Å². The second-order valence-electron chi connectivity index (χ2n) is 8.26. The Morgan fingerprint density at radius 2 is 0.833 bits per heavy atom. The highest BCUT2D eigenvalue weighted by molar-refractivity contribution is 5.66. The van der Waals surface area contributed by atoms with Gasteiger partial charge in [0.25, 0.3) is 0 Å². The van der Waals surface area contributed by atoms with E-state index in [4.69, 9.17) is 15.9 Å². The highest BCUT2D eigenvalue weighted by Crippen LogP contribution is 2.11. The van der Waals surface area contributed by atoms with Crippen LogP contribution in [0, 0.1) is 0 Å². The van der Waals surface area contributed by atoms with Crippen LogP contribution in [0.1, 0.15) is 149 Å². The van der Waals surface area contributed by atoms with Crippen LogP contribution in [0.25, 0.3) is 0 Å². The molecule has 4 heteroatoms. The second kappa shape index (κ2) is 35.8. The number of carbonyl (C=O) groups is 1. The van der Waals surface area contributed by atoms with Crippen LogP contribution >= 0.6 is 0 Å². The third kappa shape index (κ3) is 45.9. The van der Waals surface area contributed by atoms with Gasteiger partial charge in [0, 0.05) is 13.0 Å². The third-order valence-electron chi connectivity index (χ3n) is 5.05. The van der Waals surface area contributed by atoms with Crippen LogP contribution in [0.5, 0.6) is 0 Å². The van der Waals surface area contributed by atoms with Gasteiger partial charge in [-0.15, -0.1) is 0 Å². The molecule has 0 saturated heterocycles. The quantitative estimate of drug-likeness (QED) is 0.171. The van der Waals surface area contributed by atoms with Crippen LogP contribution in [0.3, 0.4) is 0 Å². The summed E-state index contributed by atoms with van der Waals surface area (Å²) in [5.74, 6) is -0.657. The predicted octanol–water partition coefficient (Wildman–Crippen LogP) is 7.86. The Balaban J connectivity index is -0.000000451. The van der Waals surface area contributed by atoms with Crippen LogP contribution < -0.4 is 5.73 Å². The number of rotatable bonds is 20. The Bertz CT molecular complexity index is 277. The van der Waals surface area contributed by atoms with Crippen molar-refractivity contribution in [2.45, 2.75) is 149 Å². The van der Waals surface area contributed by atoms with E-state index in [9.17, 15) is 4.79 Å². The summed E-state index contributed by atoms with van der Waals surface area (Å²) in [6, 6.07) is 0. The molecule has 4 nitrogen and oxygen atoms in total. The van der Waals surface area contributed by atoms with Crippen molar-refractivity contribution in [2.24, 2.45) is 5.73 Å². The van der Waals surface area contributed by atoms with Crippen LogP contribution in [-0.4, -0.2) is 29.3 Å². The van der Waals surface area contributed by atoms with Crippen LogP contribution in [0.15, 0.2) is 0 Å². The Labute approximate surface area is 189 Å². The lowest BCUT2D eigenvalue weighted by atomic mass is 10.1. The van der Waals surface area contributed by atoms with E-state index in [0.29, 0.717) is 6.42 Å². The average molecular weight is 432 g/mol. The summed E-state index contributed by atoms with van der Waals surface area (Å²) >= 11 is 0. The maximum absolute atomic E-state index is 10.3. The maximum Gasteiger partial charge on any atom is 0.303 e. The first kappa shape index (κ1) is 34.0. The predicted molar refractivity (Wildman–Crippen MR) is 133 cm³/mol. The molecule has 0 unspecified atom stereocenters. The molecule has 0 saturated carbocycles. The fraction of sp³-hybridized carbons (Fsp3) is 0.962. The molecule has 0 heterocycles. The molecule has 0 aliphatic rings. The molecule has 184 valence electrons. The van der Waals surface area contributed by atoms with Crippen LogP contribution in [-0.2, 0) is 4.79 Å². The van der Waals surface area contributed by atoms with Gasteiger partial charge in [-0.1, -0.05) is 123 Å². The van der Waals surface area contributed by atoms with E-state index < -0.39 is 5.97 Å². The summed E-state index contributed by atoms with van der Waals surface area (Å²) < 4.78 is 0. The van der Waals surface area contributed by atoms with E-state index in [2.05, 4.69) is 13.8 Å². The summed E-state index contributed by atoms with van der Waals surface area (Å²) in [7, 11) is 0. The molecule has 0 radical (unpaired) electrons. The number of aliphatic hydroxyl groups excluding tert-OH is 1. The minimum absolute atomic E-state index is 0.250. The molecule has 4 N–H and O–H groups in total. The Morgan fingerprint density at radius 1 is 0.567 bits per heavy atom. The van der Waals surface area contributed by atoms with E-state index in [1.807, 2.05) is 0 Å². The van der Waals surface area contributed by atoms with E-state index in [-0.39, 0.29) is 6.61 Å². The van der Waals surface area contributed by atoms with Gasteiger partial charge in [-0.2, -0.15) is 0 Å². The monoisotopic (exact) mass is 431 g/mol. The van der Waals surface area contributed by atoms with E-state index in [0.717, 1.165) is 19.4 Å². The van der Waals surface area contributed by atoms with Crippen LogP contribution in [0.4, 0.5) is 0 Å². The lowest BCUT2D eigenvalue weighted by Crippen LogP contribution is -1.97. The zero-order chi connectivity index (χ0) is 23.1. The van der Waals surface area contributed by atoms with Crippen molar-refractivity contribution in [3.63, 3.8) is 0 Å². The van der Waals surface area contributed by atoms with Gasteiger partial charge < -0.3 is 15.9 Å². The fourth-order valence-corrected chi connectivity index (χ4v) is 3.22. The maximum atomic E-state index is 10.3. The number of unbranched alkanes of at least 4 members (excludes halogenated alkanes) is 17. The first-order valence-electron chi connectivity index (χ1n) is 13.1. The minimum atomic E-state index is -0.657. The number of aliphatic carboxylic acids is 1. The van der Waals surface area contributed by atoms with Gasteiger partial charge in [-0.25, -0.2) is 0 Å². The molecule has 0 aromatic carbocycles. The molecule has 0 aromatic rings. The number of nitrogens with two attached hydrogens (primary N) is 1. The van der Waals surface area contributed by atoms with Crippen molar-refractivity contribution in [2.75, 3.05) is 13.2 Å². The molecular formula is C26H57NO3. The largest absolute Gasteiger partial charge is 0.481 e. The molecule has 0 aliphatic carbocycles. The lowest BCUT2D eigenvalue weighted by Gasteiger charge is -2.01. The Hall–Kier alpha value is -0.610. The summed E-state index contributed by atoms with van der Waals surface area (Å²) in [4.78, 5) is 10.3. The van der Waals surface area contributed by atoms with E-state index >= 15 is 0 Å². The molecule has 0 atom stereocenters. The number of aliphatic hydroxyl groups is 1. The highest BCUT2D eigenvalue weighted by atomic mass is 16.4. The van der Waals surface area contributed by atoms with Crippen molar-refractivity contribution >= 4 is 5.97 Å². The van der Waals surface area contributed by atoms with E-state index in [1.165, 1.54) is 109 Å². The molecule has 0 aliphatic heterocycles. The van der Waals surface area contributed by atoms with Gasteiger partial charge in [-0.3, -0.25) is 4.79 Å². The zero-order valence-electron chi connectivity index (χ0n) is 20.9. The van der Waals surface area contributed by atoms with Crippen molar-refractivity contribution < 1.29 is 15.0 Å². The second-order valence-corrected chi connectivity index (χ2v) is 8.26. The van der Waals surface area contributed by atoms with Crippen LogP contribution in [0.2, 0.25) is 0 Å². The van der Waals surface area contributed by atoms with Gasteiger partial charge in [-0.05, 0) is 26.3 Å². The average Bonchev–Trinajstić information content (AvgIpc) is 2.72. The lowest BCUT2D eigenvalue weighted by molar-refractivity contribution is -0.137. The van der Waals surface area contributed by atoms with Gasteiger partial charge >= 0.3 is 5.97 Å². The summed E-state index contributed by atoms with van der Waals surface area (Å²) in [6.07, 6.45) is 25.3. The molecular weight excluding hydrogens is 374 g/mol. The molecule has 0 amide bonds. The Morgan fingerprint density at radius 3 is 1.10 bits per heavy atom. The van der Waals surface area contributed by atoms with Gasteiger partial charge in [0.15, 0.2) is 0 Å². The molecule has 0 aromatic heterocycles. The summed E-state index contributed by atoms with van der Waals surface area (Å²) in [5.41, 5.74) is 5.39. The van der Waals surface area contributed by atoms with Gasteiger partial charge in [0.2, 0.25) is 0 Å². The standard InChI is InChI=1S/C14H28O2.C10H23N.C2H6O/c1-2-3-4-5-6-7-8-9-10-11-12-13-14(15)16;1-2-3-4-5-6-7-8-9-10-11;1-2-3/h2-13H2,1H3,(H,15,16);2-11H2,1H3;3H,2H2,1H3. The topological polar surface area (TPSA) is 83.5 Å². The molecule has 0 rings (SSSR count). The summed E-state index contributed by atoms with van der Waals surface area (Å²) in [5, 5.41) is 16.0.